The van der Waals surface area contributed by atoms with Gasteiger partial charge in [0.25, 0.3) is 0 Å². The smallest absolute Gasteiger partial charge is 0.445 e. The predicted octanol–water partition coefficient (Wildman–Crippen LogP) is 1.65. The number of hydrogen-bond acceptors (Lipinski definition) is 4. The summed E-state index contributed by atoms with van der Waals surface area (Å²) < 4.78 is 35.6. The fraction of sp³-hybridized carbons (Fsp3) is 0.250. The van der Waals surface area contributed by atoms with E-state index < -0.39 is 22.4 Å². The maximum atomic E-state index is 11.9. The van der Waals surface area contributed by atoms with Crippen LogP contribution >= 0.6 is 11.3 Å². The summed E-state index contributed by atoms with van der Waals surface area (Å²) in [6.45, 7) is 0. The number of rotatable bonds is 1. The second kappa shape index (κ2) is 3.17. The number of nitrogens with zero attached hydrogens (tertiary/aromatic N) is 2. The molecule has 0 spiro atoms. The van der Waals surface area contributed by atoms with Crippen LogP contribution < -0.4 is 5.32 Å². The van der Waals surface area contributed by atoms with Crippen molar-refractivity contribution < 1.29 is 23.1 Å². The van der Waals surface area contributed by atoms with Gasteiger partial charge in [-0.2, -0.15) is 13.2 Å². The lowest BCUT2D eigenvalue weighted by atomic mass is 10.7. The van der Waals surface area contributed by atoms with Crippen LogP contribution in [0.5, 0.6) is 0 Å². The number of halogens is 3. The second-order valence-electron chi connectivity index (χ2n) is 1.84. The van der Waals surface area contributed by atoms with Crippen LogP contribution in [-0.4, -0.2) is 21.4 Å². The first kappa shape index (κ1) is 9.71. The summed E-state index contributed by atoms with van der Waals surface area (Å²) >= 11 is 0.129. The van der Waals surface area contributed by atoms with E-state index in [-0.39, 0.29) is 11.3 Å². The highest BCUT2D eigenvalue weighted by molar-refractivity contribution is 7.15. The fourth-order valence-electron chi connectivity index (χ4n) is 0.480. The van der Waals surface area contributed by atoms with Gasteiger partial charge in [0.15, 0.2) is 0 Å². The van der Waals surface area contributed by atoms with E-state index in [9.17, 15) is 18.0 Å². The van der Waals surface area contributed by atoms with Crippen molar-refractivity contribution in [3.05, 3.63) is 5.01 Å². The molecule has 0 aromatic carbocycles. The monoisotopic (exact) mass is 213 g/mol. The molecular formula is C4H2F3N3O2S. The normalized spacial score (nSPS) is 11.3. The summed E-state index contributed by atoms with van der Waals surface area (Å²) in [6.07, 6.45) is -6.07. The van der Waals surface area contributed by atoms with Gasteiger partial charge in [-0.1, -0.05) is 11.3 Å². The number of amides is 1. The maximum absolute atomic E-state index is 11.9. The van der Waals surface area contributed by atoms with E-state index in [2.05, 4.69) is 10.2 Å². The van der Waals surface area contributed by atoms with E-state index in [1.165, 1.54) is 0 Å². The molecule has 1 aromatic rings. The second-order valence-corrected chi connectivity index (χ2v) is 2.82. The Morgan fingerprint density at radius 2 is 2.08 bits per heavy atom. The summed E-state index contributed by atoms with van der Waals surface area (Å²) in [5.74, 6) is 0. The van der Waals surface area contributed by atoms with Gasteiger partial charge < -0.3 is 5.11 Å². The van der Waals surface area contributed by atoms with Crippen molar-refractivity contribution >= 4 is 22.6 Å². The molecule has 1 heterocycles. The zero-order valence-electron chi connectivity index (χ0n) is 5.79. The quantitative estimate of drug-likeness (QED) is 0.743. The SMILES string of the molecule is O=C(O)Nc1nnc(C(F)(F)F)s1. The predicted molar refractivity (Wildman–Crippen MR) is 36.6 cm³/mol. The molecule has 0 aliphatic carbocycles. The van der Waals surface area contributed by atoms with Crippen molar-refractivity contribution in [2.75, 3.05) is 5.32 Å². The Morgan fingerprint density at radius 1 is 1.46 bits per heavy atom. The van der Waals surface area contributed by atoms with Crippen molar-refractivity contribution in [3.63, 3.8) is 0 Å². The summed E-state index contributed by atoms with van der Waals surface area (Å²) in [5, 5.41) is 13.9. The number of carboxylic acid groups (broad SMARTS) is 1. The Bertz CT molecular complexity index is 323. The van der Waals surface area contributed by atoms with E-state index in [0.29, 0.717) is 0 Å². The van der Waals surface area contributed by atoms with Crippen LogP contribution in [0.1, 0.15) is 5.01 Å². The number of anilines is 1. The van der Waals surface area contributed by atoms with Crippen LogP contribution in [0.15, 0.2) is 0 Å². The van der Waals surface area contributed by atoms with Gasteiger partial charge in [0.1, 0.15) is 0 Å². The Balaban J connectivity index is 2.81. The molecule has 9 heteroatoms. The third-order valence-electron chi connectivity index (χ3n) is 0.881. The molecule has 0 bridgehead atoms. The molecule has 0 atom stereocenters. The molecule has 2 N–H and O–H groups in total. The first-order valence-corrected chi connectivity index (χ1v) is 3.62. The molecule has 0 fully saturated rings. The molecule has 0 saturated carbocycles. The third-order valence-corrected chi connectivity index (χ3v) is 1.76. The fourth-order valence-corrected chi connectivity index (χ4v) is 1.08. The minimum atomic E-state index is -4.59. The molecule has 0 aliphatic rings. The molecule has 5 nitrogen and oxygen atoms in total. The summed E-state index contributed by atoms with van der Waals surface area (Å²) in [7, 11) is 0. The Labute approximate surface area is 73.2 Å². The van der Waals surface area contributed by atoms with Gasteiger partial charge in [0.2, 0.25) is 10.1 Å². The first-order valence-electron chi connectivity index (χ1n) is 2.80. The molecule has 1 aromatic heterocycles. The number of aromatic nitrogens is 2. The Hall–Kier alpha value is -1.38. The standard InChI is InChI=1S/C4H2F3N3O2S/c5-4(6,7)1-9-10-2(13-1)8-3(11)12/h(H,8,10)(H,11,12). The molecule has 1 amide bonds. The molecule has 0 saturated heterocycles. The highest BCUT2D eigenvalue weighted by Crippen LogP contribution is 2.32. The van der Waals surface area contributed by atoms with E-state index in [1.54, 1.807) is 5.32 Å². The molecule has 1 rings (SSSR count). The first-order chi connectivity index (χ1) is 5.89. The number of carbonyl (C=O) groups is 1. The largest absolute Gasteiger partial charge is 0.465 e. The van der Waals surface area contributed by atoms with E-state index >= 15 is 0 Å². The number of hydrogen-bond donors (Lipinski definition) is 2. The average molecular weight is 213 g/mol. The van der Waals surface area contributed by atoms with Crippen LogP contribution in [-0.2, 0) is 6.18 Å². The molecular weight excluding hydrogens is 211 g/mol. The van der Waals surface area contributed by atoms with Gasteiger partial charge in [-0.05, 0) is 0 Å². The van der Waals surface area contributed by atoms with Crippen LogP contribution in [0.25, 0.3) is 0 Å². The highest BCUT2D eigenvalue weighted by atomic mass is 32.1. The van der Waals surface area contributed by atoms with Crippen molar-refractivity contribution in [2.45, 2.75) is 6.18 Å². The van der Waals surface area contributed by atoms with Crippen molar-refractivity contribution in [3.8, 4) is 0 Å². The van der Waals surface area contributed by atoms with Crippen LogP contribution in [0.2, 0.25) is 0 Å². The lowest BCUT2D eigenvalue weighted by Crippen LogP contribution is -2.06. The molecule has 13 heavy (non-hydrogen) atoms. The van der Waals surface area contributed by atoms with Crippen molar-refractivity contribution in [2.24, 2.45) is 0 Å². The Morgan fingerprint density at radius 3 is 2.46 bits per heavy atom. The zero-order chi connectivity index (χ0) is 10.1. The number of alkyl halides is 3. The minimum Gasteiger partial charge on any atom is -0.465 e. The van der Waals surface area contributed by atoms with Crippen LogP contribution in [0, 0.1) is 0 Å². The zero-order valence-corrected chi connectivity index (χ0v) is 6.61. The van der Waals surface area contributed by atoms with Gasteiger partial charge in [0.05, 0.1) is 0 Å². The third kappa shape index (κ3) is 2.54. The molecule has 0 unspecified atom stereocenters. The van der Waals surface area contributed by atoms with E-state index in [4.69, 9.17) is 5.11 Å². The van der Waals surface area contributed by atoms with Gasteiger partial charge in [-0.15, -0.1) is 10.2 Å². The summed E-state index contributed by atoms with van der Waals surface area (Å²) in [5.41, 5.74) is 0. The number of nitrogens with one attached hydrogen (secondary N) is 1. The van der Waals surface area contributed by atoms with Crippen LogP contribution in [0.3, 0.4) is 0 Å². The average Bonchev–Trinajstić information content (AvgIpc) is 2.32. The lowest BCUT2D eigenvalue weighted by molar-refractivity contribution is -0.138. The highest BCUT2D eigenvalue weighted by Gasteiger charge is 2.35. The summed E-state index contributed by atoms with van der Waals surface area (Å²) in [6, 6.07) is 0. The van der Waals surface area contributed by atoms with E-state index in [0.717, 1.165) is 0 Å². The van der Waals surface area contributed by atoms with Gasteiger partial charge in [-0.3, -0.25) is 5.32 Å². The summed E-state index contributed by atoms with van der Waals surface area (Å²) in [4.78, 5) is 9.97. The molecule has 0 radical (unpaired) electrons. The van der Waals surface area contributed by atoms with Gasteiger partial charge in [0, 0.05) is 0 Å². The van der Waals surface area contributed by atoms with Crippen molar-refractivity contribution in [1.29, 1.82) is 0 Å². The lowest BCUT2D eigenvalue weighted by Gasteiger charge is -1.97. The van der Waals surface area contributed by atoms with E-state index in [1.807, 2.05) is 0 Å². The molecule has 72 valence electrons. The maximum Gasteiger partial charge on any atom is 0.445 e. The Kier molecular flexibility index (Phi) is 2.36. The topological polar surface area (TPSA) is 75.1 Å². The van der Waals surface area contributed by atoms with Crippen molar-refractivity contribution in [1.82, 2.24) is 10.2 Å². The van der Waals surface area contributed by atoms with Gasteiger partial charge >= 0.3 is 12.3 Å². The minimum absolute atomic E-state index is 0.129. The van der Waals surface area contributed by atoms with Gasteiger partial charge in [-0.25, -0.2) is 4.79 Å². The van der Waals surface area contributed by atoms with Crippen LogP contribution in [0.4, 0.5) is 23.1 Å². The molecule has 0 aliphatic heterocycles.